The molecule has 1 aliphatic carbocycles. The lowest BCUT2D eigenvalue weighted by atomic mass is 9.80. The fourth-order valence-corrected chi connectivity index (χ4v) is 10.8. The fraction of sp³-hybridized carbons (Fsp3) is 0.531. The van der Waals surface area contributed by atoms with Crippen LogP contribution in [-0.2, 0) is 19.1 Å². The molecule has 2 aromatic heterocycles. The Hall–Kier alpha value is -5.23. The van der Waals surface area contributed by atoms with Gasteiger partial charge in [0.15, 0.2) is 0 Å². The van der Waals surface area contributed by atoms with Gasteiger partial charge in [-0.3, -0.25) is 9.59 Å². The molecular weight excluding hydrogens is 767 g/mol. The van der Waals surface area contributed by atoms with Crippen LogP contribution in [0.2, 0.25) is 0 Å². The number of H-pyrrole nitrogens is 2. The quantitative estimate of drug-likeness (QED) is 0.134. The van der Waals surface area contributed by atoms with Gasteiger partial charge in [-0.25, -0.2) is 14.8 Å². The number of alkyl carbamates (subject to hydrolysis) is 1. The molecule has 7 atom stereocenters. The average molecular weight is 828 g/mol. The van der Waals surface area contributed by atoms with E-state index >= 15 is 0 Å². The second kappa shape index (κ2) is 16.6. The van der Waals surface area contributed by atoms with Gasteiger partial charge in [0.05, 0.1) is 48.7 Å². The molecule has 3 aromatic carbocycles. The van der Waals surface area contributed by atoms with Crippen molar-refractivity contribution in [2.45, 2.75) is 110 Å². The summed E-state index contributed by atoms with van der Waals surface area (Å²) in [4.78, 5) is 61.9. The Kier molecular flexibility index (Phi) is 11.2. The smallest absolute Gasteiger partial charge is 0.407 e. The highest BCUT2D eigenvalue weighted by Gasteiger charge is 2.50. The van der Waals surface area contributed by atoms with E-state index < -0.39 is 12.1 Å². The molecule has 4 fully saturated rings. The topological polar surface area (TPSA) is 146 Å². The summed E-state index contributed by atoms with van der Waals surface area (Å²) in [5.41, 5.74) is 6.00. The van der Waals surface area contributed by atoms with Crippen LogP contribution < -0.4 is 5.32 Å². The van der Waals surface area contributed by atoms with Gasteiger partial charge in [-0.05, 0) is 90.5 Å². The van der Waals surface area contributed by atoms with Crippen LogP contribution in [0.15, 0.2) is 60.8 Å². The van der Waals surface area contributed by atoms with E-state index in [1.807, 2.05) is 31.9 Å². The number of fused-ring (bicyclic) bond motifs is 4. The Bertz CT molecular complexity index is 2410. The third kappa shape index (κ3) is 7.70. The second-order valence-electron chi connectivity index (χ2n) is 19.1. The number of nitrogens with zero attached hydrogens (tertiary/aromatic N) is 4. The first-order chi connectivity index (χ1) is 29.4. The van der Waals surface area contributed by atoms with Crippen LogP contribution in [0.5, 0.6) is 0 Å². The molecule has 5 aromatic rings. The lowest BCUT2D eigenvalue weighted by Gasteiger charge is -2.36. The van der Waals surface area contributed by atoms with Crippen LogP contribution in [0.1, 0.15) is 110 Å². The molecule has 0 unspecified atom stereocenters. The van der Waals surface area contributed by atoms with Crippen LogP contribution in [0.4, 0.5) is 4.79 Å². The summed E-state index contributed by atoms with van der Waals surface area (Å²) >= 11 is 0. The standard InChI is InChI=1S/C49H61N7O5/c1-28(2)30(5)46(57)55-26-49(20-9-21-61-27-49)24-41(55)44-50-25-38(52-44)32-14-12-31(13-15-32)33-16-18-36-34(22-33)17-19-37-43(36)53-45(51-37)40-23-35-10-7-8-11-39(35)56(40)47(58)42(29(3)4)54-48(59)60-6/h12-19,22,25,28-30,35,39-42H,7-11,20-21,23-24,26-27H2,1-6H3,(H,50,52)(H,51,53)(H,54,59)/t30-,35-,39-,40-,41-,42-,49-/m0/s1. The summed E-state index contributed by atoms with van der Waals surface area (Å²) < 4.78 is 10.9. The molecule has 12 nitrogen and oxygen atoms in total. The summed E-state index contributed by atoms with van der Waals surface area (Å²) in [6, 6.07) is 18.4. The Morgan fingerprint density at radius 1 is 0.869 bits per heavy atom. The van der Waals surface area contributed by atoms with Gasteiger partial charge < -0.3 is 34.6 Å². The van der Waals surface area contributed by atoms with Crippen molar-refractivity contribution >= 4 is 39.7 Å². The number of aromatic amines is 2. The monoisotopic (exact) mass is 827 g/mol. The zero-order valence-electron chi connectivity index (χ0n) is 36.5. The number of carbonyl (C=O) groups excluding carboxylic acids is 3. The highest BCUT2D eigenvalue weighted by atomic mass is 16.5. The van der Waals surface area contributed by atoms with E-state index in [0.717, 1.165) is 107 Å². The number of hydrogen-bond acceptors (Lipinski definition) is 7. The van der Waals surface area contributed by atoms with Crippen molar-refractivity contribution in [3.8, 4) is 22.4 Å². The number of amides is 3. The van der Waals surface area contributed by atoms with E-state index in [0.29, 0.717) is 19.1 Å². The molecule has 4 aliphatic rings. The number of rotatable bonds is 9. The third-order valence-corrected chi connectivity index (χ3v) is 14.6. The lowest BCUT2D eigenvalue weighted by molar-refractivity contribution is -0.139. The van der Waals surface area contributed by atoms with Crippen molar-refractivity contribution in [3.63, 3.8) is 0 Å². The van der Waals surface area contributed by atoms with E-state index in [2.05, 4.69) is 88.6 Å². The Morgan fingerprint density at radius 3 is 2.38 bits per heavy atom. The highest BCUT2D eigenvalue weighted by molar-refractivity contribution is 6.05. The molecule has 1 saturated carbocycles. The maximum Gasteiger partial charge on any atom is 0.407 e. The summed E-state index contributed by atoms with van der Waals surface area (Å²) in [5, 5.41) is 4.99. The fourth-order valence-electron chi connectivity index (χ4n) is 10.8. The number of ether oxygens (including phenoxy) is 2. The molecule has 0 radical (unpaired) electrons. The highest BCUT2D eigenvalue weighted by Crippen LogP contribution is 2.49. The van der Waals surface area contributed by atoms with Crippen molar-refractivity contribution in [1.82, 2.24) is 35.1 Å². The Morgan fingerprint density at radius 2 is 1.64 bits per heavy atom. The van der Waals surface area contributed by atoms with Gasteiger partial charge in [0.1, 0.15) is 17.7 Å². The molecule has 12 heteroatoms. The van der Waals surface area contributed by atoms with Crippen LogP contribution >= 0.6 is 0 Å². The number of hydrogen-bond donors (Lipinski definition) is 3. The SMILES string of the molecule is COC(=O)N[C@H](C(=O)N1[C@H](c2nc3ccc4cc(-c5ccc(-c6cnc([C@@H]7C[C@@]8(CCCOC8)CN7C(=O)[C@@H](C)C(C)C)[nH]6)cc5)ccc4c3[nH]2)C[C@@H]2CCCC[C@@H]21)C(C)C. The minimum Gasteiger partial charge on any atom is -0.453 e. The van der Waals surface area contributed by atoms with Crippen molar-refractivity contribution in [3.05, 3.63) is 72.4 Å². The normalized spacial score (nSPS) is 25.1. The maximum absolute atomic E-state index is 14.4. The van der Waals surface area contributed by atoms with E-state index in [1.54, 1.807) is 0 Å². The molecule has 3 amide bonds. The van der Waals surface area contributed by atoms with Gasteiger partial charge in [-0.2, -0.15) is 0 Å². The first-order valence-electron chi connectivity index (χ1n) is 22.6. The second-order valence-corrected chi connectivity index (χ2v) is 19.1. The number of carbonyl (C=O) groups is 3. The van der Waals surface area contributed by atoms with E-state index in [-0.39, 0.29) is 53.1 Å². The number of nitrogens with one attached hydrogen (secondary N) is 3. The van der Waals surface area contributed by atoms with Crippen LogP contribution in [0.25, 0.3) is 44.2 Å². The van der Waals surface area contributed by atoms with Crippen molar-refractivity contribution in [2.75, 3.05) is 26.9 Å². The number of likely N-dealkylation sites (tertiary alicyclic amines) is 2. The molecule has 61 heavy (non-hydrogen) atoms. The van der Waals surface area contributed by atoms with Crippen molar-refractivity contribution in [2.24, 2.45) is 29.1 Å². The van der Waals surface area contributed by atoms with Crippen molar-refractivity contribution in [1.29, 1.82) is 0 Å². The molecule has 5 heterocycles. The van der Waals surface area contributed by atoms with Crippen LogP contribution in [0, 0.1) is 29.1 Å². The molecule has 3 N–H and O–H groups in total. The number of aromatic nitrogens is 4. The van der Waals surface area contributed by atoms with E-state index in [1.165, 1.54) is 13.5 Å². The molecule has 1 spiro atoms. The molecule has 322 valence electrons. The molecule has 9 rings (SSSR count). The molecule has 3 saturated heterocycles. The van der Waals surface area contributed by atoms with Gasteiger partial charge in [0.25, 0.3) is 0 Å². The van der Waals surface area contributed by atoms with Gasteiger partial charge in [-0.15, -0.1) is 0 Å². The average Bonchev–Trinajstić information content (AvgIpc) is 4.09. The molecule has 3 aliphatic heterocycles. The largest absolute Gasteiger partial charge is 0.453 e. The maximum atomic E-state index is 14.4. The predicted octanol–water partition coefficient (Wildman–Crippen LogP) is 9.35. The minimum absolute atomic E-state index is 0.0195. The van der Waals surface area contributed by atoms with E-state index in [9.17, 15) is 14.4 Å². The summed E-state index contributed by atoms with van der Waals surface area (Å²) in [5.74, 6) is 2.27. The molecule has 0 bridgehead atoms. The minimum atomic E-state index is -0.687. The zero-order valence-corrected chi connectivity index (χ0v) is 36.5. The van der Waals surface area contributed by atoms with Gasteiger partial charge >= 0.3 is 6.09 Å². The predicted molar refractivity (Wildman–Crippen MR) is 236 cm³/mol. The van der Waals surface area contributed by atoms with Gasteiger partial charge in [-0.1, -0.05) is 89.9 Å². The number of methoxy groups -OCH3 is 1. The number of imidazole rings is 2. The summed E-state index contributed by atoms with van der Waals surface area (Å²) in [7, 11) is 1.33. The van der Waals surface area contributed by atoms with E-state index in [4.69, 9.17) is 19.4 Å². The van der Waals surface area contributed by atoms with Gasteiger partial charge in [0, 0.05) is 35.9 Å². The Labute approximate surface area is 358 Å². The molecular formula is C49H61N7O5. The zero-order chi connectivity index (χ0) is 42.6. The first kappa shape index (κ1) is 41.1. The summed E-state index contributed by atoms with van der Waals surface area (Å²) in [6.07, 6.45) is 9.42. The van der Waals surface area contributed by atoms with Crippen LogP contribution in [-0.4, -0.2) is 86.6 Å². The van der Waals surface area contributed by atoms with Crippen molar-refractivity contribution < 1.29 is 23.9 Å². The van der Waals surface area contributed by atoms with Gasteiger partial charge in [0.2, 0.25) is 11.8 Å². The number of benzene rings is 3. The lowest BCUT2D eigenvalue weighted by Crippen LogP contribution is -2.53. The summed E-state index contributed by atoms with van der Waals surface area (Å²) in [6.45, 7) is 12.4. The Balaban J connectivity index is 0.955. The first-order valence-corrected chi connectivity index (χ1v) is 22.6. The third-order valence-electron chi connectivity index (χ3n) is 14.6. The van der Waals surface area contributed by atoms with Crippen LogP contribution in [0.3, 0.4) is 0 Å².